The van der Waals surface area contributed by atoms with Gasteiger partial charge in [0, 0.05) is 0 Å². The Labute approximate surface area is 88.4 Å². The van der Waals surface area contributed by atoms with Gasteiger partial charge >= 0.3 is 0 Å². The van der Waals surface area contributed by atoms with Crippen LogP contribution in [0.25, 0.3) is 17.1 Å². The normalized spacial score (nSPS) is 11.1. The number of methoxy groups -OCH3 is 1. The standard InChI is InChI=1S/C12H12N2O/c1-3-6-11-12(15-2)14-10-8-5-4-7-9(10)13-11/h3-8H,1-2H3. The highest BCUT2D eigenvalue weighted by atomic mass is 16.5. The predicted octanol–water partition coefficient (Wildman–Crippen LogP) is 2.67. The molecule has 0 amide bonds. The summed E-state index contributed by atoms with van der Waals surface area (Å²) in [6.45, 7) is 1.94. The van der Waals surface area contributed by atoms with Crippen LogP contribution in [0.15, 0.2) is 30.3 Å². The molecule has 0 radical (unpaired) electrons. The molecule has 0 aliphatic heterocycles. The van der Waals surface area contributed by atoms with Crippen molar-refractivity contribution in [2.75, 3.05) is 7.11 Å². The van der Waals surface area contributed by atoms with Crippen molar-refractivity contribution in [3.63, 3.8) is 0 Å². The van der Waals surface area contributed by atoms with Gasteiger partial charge < -0.3 is 4.74 Å². The molecule has 0 unspecified atom stereocenters. The molecule has 1 aromatic carbocycles. The zero-order valence-corrected chi connectivity index (χ0v) is 8.77. The Hall–Kier alpha value is -1.90. The van der Waals surface area contributed by atoms with Crippen LogP contribution < -0.4 is 4.74 Å². The summed E-state index contributed by atoms with van der Waals surface area (Å²) in [7, 11) is 1.60. The minimum absolute atomic E-state index is 0.562. The Morgan fingerprint density at radius 2 is 1.80 bits per heavy atom. The lowest BCUT2D eigenvalue weighted by Crippen LogP contribution is -1.95. The number of nitrogens with zero attached hydrogens (tertiary/aromatic N) is 2. The molecule has 2 rings (SSSR count). The second-order valence-electron chi connectivity index (χ2n) is 3.11. The zero-order chi connectivity index (χ0) is 10.7. The van der Waals surface area contributed by atoms with Crippen molar-refractivity contribution in [2.45, 2.75) is 6.92 Å². The largest absolute Gasteiger partial charge is 0.479 e. The van der Waals surface area contributed by atoms with Gasteiger partial charge in [-0.3, -0.25) is 0 Å². The quantitative estimate of drug-likeness (QED) is 0.747. The molecule has 0 saturated heterocycles. The Kier molecular flexibility index (Phi) is 2.63. The lowest BCUT2D eigenvalue weighted by atomic mass is 10.3. The smallest absolute Gasteiger partial charge is 0.240 e. The van der Waals surface area contributed by atoms with E-state index in [0.717, 1.165) is 16.7 Å². The number of para-hydroxylation sites is 2. The van der Waals surface area contributed by atoms with Crippen molar-refractivity contribution in [3.05, 3.63) is 36.0 Å². The Morgan fingerprint density at radius 3 is 2.40 bits per heavy atom. The molecule has 0 saturated carbocycles. The summed E-state index contributed by atoms with van der Waals surface area (Å²) in [6.07, 6.45) is 3.81. The summed E-state index contributed by atoms with van der Waals surface area (Å²) in [5.74, 6) is 0.562. The summed E-state index contributed by atoms with van der Waals surface area (Å²) in [5.41, 5.74) is 2.49. The lowest BCUT2D eigenvalue weighted by Gasteiger charge is -2.04. The molecule has 2 aromatic rings. The number of allylic oxidation sites excluding steroid dienone is 1. The maximum Gasteiger partial charge on any atom is 0.240 e. The van der Waals surface area contributed by atoms with Gasteiger partial charge in [-0.25, -0.2) is 9.97 Å². The van der Waals surface area contributed by atoms with E-state index in [2.05, 4.69) is 9.97 Å². The average molecular weight is 200 g/mol. The highest BCUT2D eigenvalue weighted by Gasteiger charge is 2.05. The summed E-state index contributed by atoms with van der Waals surface area (Å²) in [6, 6.07) is 7.74. The number of ether oxygens (including phenoxy) is 1. The molecule has 1 heterocycles. The van der Waals surface area contributed by atoms with E-state index in [9.17, 15) is 0 Å². The highest BCUT2D eigenvalue weighted by molar-refractivity contribution is 5.76. The maximum absolute atomic E-state index is 5.18. The van der Waals surface area contributed by atoms with Crippen LogP contribution in [0.3, 0.4) is 0 Å². The van der Waals surface area contributed by atoms with E-state index >= 15 is 0 Å². The van der Waals surface area contributed by atoms with Crippen LogP contribution >= 0.6 is 0 Å². The van der Waals surface area contributed by atoms with Crippen LogP contribution in [0.2, 0.25) is 0 Å². The van der Waals surface area contributed by atoms with Gasteiger partial charge in [-0.05, 0) is 25.1 Å². The highest BCUT2D eigenvalue weighted by Crippen LogP contribution is 2.19. The summed E-state index contributed by atoms with van der Waals surface area (Å²) in [4.78, 5) is 8.84. The number of rotatable bonds is 2. The number of aromatic nitrogens is 2. The molecule has 0 atom stereocenters. The van der Waals surface area contributed by atoms with Crippen molar-refractivity contribution < 1.29 is 4.74 Å². The van der Waals surface area contributed by atoms with Crippen molar-refractivity contribution in [1.82, 2.24) is 9.97 Å². The van der Waals surface area contributed by atoms with E-state index in [4.69, 9.17) is 4.74 Å². The summed E-state index contributed by atoms with van der Waals surface area (Å²) < 4.78 is 5.18. The predicted molar refractivity (Wildman–Crippen MR) is 60.8 cm³/mol. The van der Waals surface area contributed by atoms with Gasteiger partial charge in [-0.2, -0.15) is 0 Å². The third-order valence-electron chi connectivity index (χ3n) is 2.08. The van der Waals surface area contributed by atoms with Crippen LogP contribution in [0.1, 0.15) is 12.6 Å². The topological polar surface area (TPSA) is 35.0 Å². The lowest BCUT2D eigenvalue weighted by molar-refractivity contribution is 0.396. The first kappa shape index (κ1) is 9.65. The van der Waals surface area contributed by atoms with E-state index in [1.54, 1.807) is 7.11 Å². The molecule has 0 N–H and O–H groups in total. The molecule has 0 aliphatic rings. The van der Waals surface area contributed by atoms with E-state index < -0.39 is 0 Å². The van der Waals surface area contributed by atoms with Crippen molar-refractivity contribution in [2.24, 2.45) is 0 Å². The SMILES string of the molecule is CC=Cc1nc2ccccc2nc1OC. The molecule has 3 heteroatoms. The van der Waals surface area contributed by atoms with Crippen molar-refractivity contribution in [3.8, 4) is 5.88 Å². The van der Waals surface area contributed by atoms with Gasteiger partial charge in [0.15, 0.2) is 0 Å². The zero-order valence-electron chi connectivity index (χ0n) is 8.77. The molecule has 0 fully saturated rings. The molecule has 0 spiro atoms. The van der Waals surface area contributed by atoms with Crippen molar-refractivity contribution in [1.29, 1.82) is 0 Å². The van der Waals surface area contributed by atoms with Crippen LogP contribution in [0.4, 0.5) is 0 Å². The molecule has 15 heavy (non-hydrogen) atoms. The number of fused-ring (bicyclic) bond motifs is 1. The second kappa shape index (κ2) is 4.09. The van der Waals surface area contributed by atoms with Gasteiger partial charge in [0.1, 0.15) is 5.69 Å². The third-order valence-corrected chi connectivity index (χ3v) is 2.08. The molecular formula is C12H12N2O. The van der Waals surface area contributed by atoms with Crippen LogP contribution in [-0.2, 0) is 0 Å². The van der Waals surface area contributed by atoms with Gasteiger partial charge in [0.2, 0.25) is 5.88 Å². The molecule has 0 aliphatic carbocycles. The fourth-order valence-corrected chi connectivity index (χ4v) is 1.41. The van der Waals surface area contributed by atoms with Gasteiger partial charge in [0.05, 0.1) is 18.1 Å². The Balaban J connectivity index is 2.69. The minimum Gasteiger partial charge on any atom is -0.479 e. The first-order chi connectivity index (χ1) is 7.35. The Morgan fingerprint density at radius 1 is 1.13 bits per heavy atom. The first-order valence-electron chi connectivity index (χ1n) is 4.78. The van der Waals surface area contributed by atoms with E-state index in [1.807, 2.05) is 43.3 Å². The van der Waals surface area contributed by atoms with Crippen LogP contribution in [0.5, 0.6) is 5.88 Å². The molecular weight excluding hydrogens is 188 g/mol. The molecule has 0 bridgehead atoms. The summed E-state index contributed by atoms with van der Waals surface area (Å²) in [5, 5.41) is 0. The van der Waals surface area contributed by atoms with E-state index in [0.29, 0.717) is 5.88 Å². The van der Waals surface area contributed by atoms with Gasteiger partial charge in [-0.1, -0.05) is 18.2 Å². The third kappa shape index (κ3) is 1.81. The van der Waals surface area contributed by atoms with Crippen LogP contribution in [-0.4, -0.2) is 17.1 Å². The van der Waals surface area contributed by atoms with E-state index in [-0.39, 0.29) is 0 Å². The number of hydrogen-bond acceptors (Lipinski definition) is 3. The molecule has 3 nitrogen and oxygen atoms in total. The molecule has 76 valence electrons. The van der Waals surface area contributed by atoms with Crippen molar-refractivity contribution >= 4 is 17.1 Å². The fraction of sp³-hybridized carbons (Fsp3) is 0.167. The monoisotopic (exact) mass is 200 g/mol. The number of hydrogen-bond donors (Lipinski definition) is 0. The number of benzene rings is 1. The summed E-state index contributed by atoms with van der Waals surface area (Å²) >= 11 is 0. The van der Waals surface area contributed by atoms with Crippen LogP contribution in [0, 0.1) is 0 Å². The van der Waals surface area contributed by atoms with E-state index in [1.165, 1.54) is 0 Å². The second-order valence-corrected chi connectivity index (χ2v) is 3.11. The van der Waals surface area contributed by atoms with Gasteiger partial charge in [0.25, 0.3) is 0 Å². The first-order valence-corrected chi connectivity index (χ1v) is 4.78. The maximum atomic E-state index is 5.18. The van der Waals surface area contributed by atoms with Gasteiger partial charge in [-0.15, -0.1) is 0 Å². The average Bonchev–Trinajstić information content (AvgIpc) is 2.28. The minimum atomic E-state index is 0.562. The fourth-order valence-electron chi connectivity index (χ4n) is 1.41. The molecule has 1 aromatic heterocycles. The Bertz CT molecular complexity index is 506.